The molecule has 2 aromatic rings. The molecule has 19 heavy (non-hydrogen) atoms. The maximum absolute atomic E-state index is 6.82. The Morgan fingerprint density at radius 3 is 2.53 bits per heavy atom. The van der Waals surface area contributed by atoms with Gasteiger partial charge in [0.15, 0.2) is 0 Å². The van der Waals surface area contributed by atoms with Crippen molar-refractivity contribution in [3.8, 4) is 0 Å². The second-order valence-electron chi connectivity index (χ2n) is 5.82. The van der Waals surface area contributed by atoms with Crippen LogP contribution < -0.4 is 5.73 Å². The monoisotopic (exact) mass is 291 g/mol. The van der Waals surface area contributed by atoms with Gasteiger partial charge in [-0.15, -0.1) is 0 Å². The van der Waals surface area contributed by atoms with E-state index in [1.165, 1.54) is 36.8 Å². The van der Waals surface area contributed by atoms with Gasteiger partial charge in [-0.05, 0) is 76.4 Å². The van der Waals surface area contributed by atoms with Crippen molar-refractivity contribution in [3.63, 3.8) is 0 Å². The molecule has 0 aromatic carbocycles. The molecule has 102 valence electrons. The van der Waals surface area contributed by atoms with Crippen LogP contribution in [0.4, 0.5) is 0 Å². The van der Waals surface area contributed by atoms with E-state index in [4.69, 9.17) is 5.73 Å². The summed E-state index contributed by atoms with van der Waals surface area (Å²) in [7, 11) is 0. The maximum atomic E-state index is 6.82. The van der Waals surface area contributed by atoms with Gasteiger partial charge in [0.2, 0.25) is 0 Å². The fraction of sp³-hybridized carbons (Fsp3) is 0.500. The average Bonchev–Trinajstić information content (AvgIpc) is 3.05. The van der Waals surface area contributed by atoms with Crippen LogP contribution in [0, 0.1) is 5.92 Å². The van der Waals surface area contributed by atoms with E-state index in [-0.39, 0.29) is 5.54 Å². The first kappa shape index (κ1) is 13.3. The zero-order chi connectivity index (χ0) is 13.1. The molecular formula is C16H21NS2. The Morgan fingerprint density at radius 1 is 1.11 bits per heavy atom. The van der Waals surface area contributed by atoms with E-state index >= 15 is 0 Å². The Labute approximate surface area is 123 Å². The van der Waals surface area contributed by atoms with Gasteiger partial charge in [0, 0.05) is 5.54 Å². The summed E-state index contributed by atoms with van der Waals surface area (Å²) in [6.45, 7) is 0. The van der Waals surface area contributed by atoms with Gasteiger partial charge in [-0.2, -0.15) is 22.7 Å². The highest BCUT2D eigenvalue weighted by Crippen LogP contribution is 2.37. The molecule has 2 atom stereocenters. The minimum Gasteiger partial charge on any atom is -0.325 e. The first-order valence-electron chi connectivity index (χ1n) is 7.07. The van der Waals surface area contributed by atoms with Gasteiger partial charge in [0.25, 0.3) is 0 Å². The van der Waals surface area contributed by atoms with Crippen LogP contribution in [0.1, 0.15) is 36.8 Å². The minimum atomic E-state index is 0.00125. The second-order valence-corrected chi connectivity index (χ2v) is 7.38. The van der Waals surface area contributed by atoms with Crippen LogP contribution in [-0.4, -0.2) is 5.54 Å². The van der Waals surface area contributed by atoms with Gasteiger partial charge in [0.05, 0.1) is 0 Å². The first-order chi connectivity index (χ1) is 9.26. The lowest BCUT2D eigenvalue weighted by molar-refractivity contribution is 0.186. The highest BCUT2D eigenvalue weighted by Gasteiger charge is 2.37. The van der Waals surface area contributed by atoms with E-state index in [1.54, 1.807) is 22.7 Å². The van der Waals surface area contributed by atoms with E-state index in [9.17, 15) is 0 Å². The summed E-state index contributed by atoms with van der Waals surface area (Å²) in [6, 6.07) is 4.49. The Morgan fingerprint density at radius 2 is 1.84 bits per heavy atom. The van der Waals surface area contributed by atoms with Crippen molar-refractivity contribution in [2.45, 2.75) is 44.1 Å². The fourth-order valence-corrected chi connectivity index (χ4v) is 4.69. The number of nitrogens with two attached hydrogens (primary N) is 1. The highest BCUT2D eigenvalue weighted by molar-refractivity contribution is 7.08. The zero-order valence-electron chi connectivity index (χ0n) is 11.2. The summed E-state index contributed by atoms with van der Waals surface area (Å²) in [5.74, 6) is 0.635. The van der Waals surface area contributed by atoms with E-state index in [2.05, 4.69) is 33.7 Å². The number of hydrogen-bond donors (Lipinski definition) is 1. The molecule has 2 unspecified atom stereocenters. The lowest BCUT2D eigenvalue weighted by Gasteiger charge is -2.41. The summed E-state index contributed by atoms with van der Waals surface area (Å²) in [6.07, 6.45) is 7.31. The quantitative estimate of drug-likeness (QED) is 0.883. The Balaban J connectivity index is 1.75. The van der Waals surface area contributed by atoms with Crippen LogP contribution in [0.5, 0.6) is 0 Å². The summed E-state index contributed by atoms with van der Waals surface area (Å²) in [5.41, 5.74) is 9.71. The zero-order valence-corrected chi connectivity index (χ0v) is 12.8. The van der Waals surface area contributed by atoms with E-state index in [1.807, 2.05) is 0 Å². The molecule has 2 aromatic heterocycles. The van der Waals surface area contributed by atoms with Crippen molar-refractivity contribution in [1.29, 1.82) is 0 Å². The van der Waals surface area contributed by atoms with Crippen LogP contribution >= 0.6 is 22.7 Å². The number of rotatable bonds is 4. The Hall–Kier alpha value is -0.640. The molecule has 0 bridgehead atoms. The predicted octanol–water partition coefficient (Wildman–Crippen LogP) is 4.48. The molecule has 0 aliphatic heterocycles. The lowest BCUT2D eigenvalue weighted by Crippen LogP contribution is -2.51. The molecule has 3 rings (SSSR count). The fourth-order valence-electron chi connectivity index (χ4n) is 3.34. The molecule has 1 fully saturated rings. The van der Waals surface area contributed by atoms with E-state index < -0.39 is 0 Å². The van der Waals surface area contributed by atoms with Gasteiger partial charge in [0.1, 0.15) is 0 Å². The average molecular weight is 291 g/mol. The van der Waals surface area contributed by atoms with Crippen molar-refractivity contribution in [1.82, 2.24) is 0 Å². The van der Waals surface area contributed by atoms with Crippen molar-refractivity contribution in [2.75, 3.05) is 0 Å². The van der Waals surface area contributed by atoms with Gasteiger partial charge in [-0.25, -0.2) is 0 Å². The highest BCUT2D eigenvalue weighted by atomic mass is 32.1. The molecular weight excluding hydrogens is 270 g/mol. The molecule has 0 radical (unpaired) electrons. The van der Waals surface area contributed by atoms with E-state index in [0.29, 0.717) is 5.92 Å². The standard InChI is InChI=1S/C16H21NS2/c17-16(10-14-5-8-19-12-14)6-2-1-3-15(16)9-13-4-7-18-11-13/h4-5,7-8,11-12,15H,1-3,6,9-10,17H2. The summed E-state index contributed by atoms with van der Waals surface area (Å²) in [4.78, 5) is 0. The van der Waals surface area contributed by atoms with E-state index in [0.717, 1.165) is 12.8 Å². The molecule has 3 heteroatoms. The van der Waals surface area contributed by atoms with Gasteiger partial charge in [-0.3, -0.25) is 0 Å². The van der Waals surface area contributed by atoms with Crippen molar-refractivity contribution in [2.24, 2.45) is 11.7 Å². The van der Waals surface area contributed by atoms with Crippen molar-refractivity contribution < 1.29 is 0 Å². The largest absolute Gasteiger partial charge is 0.325 e. The van der Waals surface area contributed by atoms with Gasteiger partial charge in [-0.1, -0.05) is 12.8 Å². The number of thiophene rings is 2. The van der Waals surface area contributed by atoms with Crippen LogP contribution in [0.25, 0.3) is 0 Å². The third kappa shape index (κ3) is 3.10. The molecule has 2 heterocycles. The van der Waals surface area contributed by atoms with Crippen LogP contribution in [0.3, 0.4) is 0 Å². The third-order valence-electron chi connectivity index (χ3n) is 4.43. The molecule has 0 spiro atoms. The molecule has 1 saturated carbocycles. The second kappa shape index (κ2) is 5.78. The number of hydrogen-bond acceptors (Lipinski definition) is 3. The van der Waals surface area contributed by atoms with Crippen LogP contribution in [-0.2, 0) is 12.8 Å². The van der Waals surface area contributed by atoms with Gasteiger partial charge < -0.3 is 5.73 Å². The molecule has 0 saturated heterocycles. The third-order valence-corrected chi connectivity index (χ3v) is 5.90. The topological polar surface area (TPSA) is 26.0 Å². The molecule has 0 amide bonds. The summed E-state index contributed by atoms with van der Waals surface area (Å²) in [5, 5.41) is 8.87. The Kier molecular flexibility index (Phi) is 4.06. The van der Waals surface area contributed by atoms with Crippen molar-refractivity contribution >= 4 is 22.7 Å². The predicted molar refractivity (Wildman–Crippen MR) is 84.9 cm³/mol. The SMILES string of the molecule is NC1(Cc2ccsc2)CCCCC1Cc1ccsc1. The smallest absolute Gasteiger partial charge is 0.0227 e. The van der Waals surface area contributed by atoms with Crippen LogP contribution in [0.2, 0.25) is 0 Å². The summed E-state index contributed by atoms with van der Waals surface area (Å²) < 4.78 is 0. The molecule has 1 aliphatic rings. The van der Waals surface area contributed by atoms with Crippen LogP contribution in [0.15, 0.2) is 33.7 Å². The molecule has 2 N–H and O–H groups in total. The maximum Gasteiger partial charge on any atom is 0.0227 e. The van der Waals surface area contributed by atoms with Gasteiger partial charge >= 0.3 is 0 Å². The normalized spacial score (nSPS) is 27.5. The molecule has 1 aliphatic carbocycles. The molecule has 1 nitrogen and oxygen atoms in total. The Bertz CT molecular complexity index is 489. The minimum absolute atomic E-state index is 0.00125. The summed E-state index contributed by atoms with van der Waals surface area (Å²) >= 11 is 3.57. The van der Waals surface area contributed by atoms with Crippen molar-refractivity contribution in [3.05, 3.63) is 44.8 Å². The lowest BCUT2D eigenvalue weighted by atomic mass is 9.68. The first-order valence-corrected chi connectivity index (χ1v) is 8.96.